The molecule has 15 nitrogen and oxygen atoms in total. The van der Waals surface area contributed by atoms with E-state index in [1.54, 1.807) is 51.1 Å². The first-order valence-corrected chi connectivity index (χ1v) is 15.0. The highest BCUT2D eigenvalue weighted by Crippen LogP contribution is 2.39. The van der Waals surface area contributed by atoms with Gasteiger partial charge in [0.2, 0.25) is 0 Å². The van der Waals surface area contributed by atoms with Crippen LogP contribution in [-0.2, 0) is 38.1 Å². The van der Waals surface area contributed by atoms with Crippen molar-refractivity contribution in [3.63, 3.8) is 0 Å². The SMILES string of the molecule is CC(=O)OC[C@@H]1OC(n2cnc3c(-c4ccc(Oc5ccccc5)cc4NC(=O)OC(C)(C)C)ncnc32)[C@@H](OC(C)=O)[C@@H]1OC(C)=O. The Morgan fingerprint density at radius 3 is 2.25 bits per heavy atom. The van der Waals surface area contributed by atoms with Gasteiger partial charge in [-0.25, -0.2) is 19.7 Å². The van der Waals surface area contributed by atoms with Crippen LogP contribution in [0.1, 0.15) is 47.8 Å². The van der Waals surface area contributed by atoms with E-state index in [0.717, 1.165) is 0 Å². The molecule has 2 aromatic heterocycles. The van der Waals surface area contributed by atoms with Crippen molar-refractivity contribution >= 4 is 40.9 Å². The largest absolute Gasteiger partial charge is 0.463 e. The summed E-state index contributed by atoms with van der Waals surface area (Å²) in [7, 11) is 0. The van der Waals surface area contributed by atoms with Gasteiger partial charge in [-0.1, -0.05) is 18.2 Å². The van der Waals surface area contributed by atoms with Crippen LogP contribution >= 0.6 is 0 Å². The Morgan fingerprint density at radius 2 is 1.58 bits per heavy atom. The number of nitrogens with zero attached hydrogens (tertiary/aromatic N) is 4. The number of carbonyl (C=O) groups excluding carboxylic acids is 4. The predicted molar refractivity (Wildman–Crippen MR) is 169 cm³/mol. The van der Waals surface area contributed by atoms with Crippen LogP contribution in [0, 0.1) is 0 Å². The number of aromatic nitrogens is 4. The molecule has 1 unspecified atom stereocenters. The van der Waals surface area contributed by atoms with Crippen LogP contribution in [0.15, 0.2) is 61.2 Å². The first kappa shape index (κ1) is 33.8. The number of fused-ring (bicyclic) bond motifs is 1. The molecule has 15 heteroatoms. The molecule has 1 saturated heterocycles. The Morgan fingerprint density at radius 1 is 0.875 bits per heavy atom. The van der Waals surface area contributed by atoms with Gasteiger partial charge in [0.05, 0.1) is 12.0 Å². The average Bonchev–Trinajstić information content (AvgIpc) is 3.56. The van der Waals surface area contributed by atoms with Gasteiger partial charge in [-0.3, -0.25) is 24.3 Å². The Balaban J connectivity index is 1.56. The van der Waals surface area contributed by atoms with Crippen molar-refractivity contribution in [2.45, 2.75) is 71.7 Å². The van der Waals surface area contributed by atoms with Crippen molar-refractivity contribution in [1.29, 1.82) is 0 Å². The lowest BCUT2D eigenvalue weighted by Crippen LogP contribution is -2.40. The van der Waals surface area contributed by atoms with E-state index < -0.39 is 54.1 Å². The van der Waals surface area contributed by atoms with Crippen LogP contribution in [0.4, 0.5) is 10.5 Å². The molecule has 5 rings (SSSR count). The molecule has 0 bridgehead atoms. The minimum Gasteiger partial charge on any atom is -0.463 e. The minimum atomic E-state index is -1.15. The highest BCUT2D eigenvalue weighted by molar-refractivity contribution is 5.97. The molecular weight excluding hydrogens is 626 g/mol. The fourth-order valence-corrected chi connectivity index (χ4v) is 5.09. The number of carbonyl (C=O) groups is 4. The van der Waals surface area contributed by atoms with Crippen LogP contribution in [0.25, 0.3) is 22.4 Å². The molecule has 3 heterocycles. The van der Waals surface area contributed by atoms with Gasteiger partial charge in [-0.05, 0) is 45.0 Å². The summed E-state index contributed by atoms with van der Waals surface area (Å²) in [6, 6.07) is 14.2. The second-order valence-electron chi connectivity index (χ2n) is 11.8. The summed E-state index contributed by atoms with van der Waals surface area (Å²) < 4.78 is 35.4. The van der Waals surface area contributed by atoms with E-state index in [9.17, 15) is 19.2 Å². The number of para-hydroxylation sites is 1. The zero-order valence-electron chi connectivity index (χ0n) is 27.2. The van der Waals surface area contributed by atoms with E-state index in [2.05, 4.69) is 20.3 Å². The molecule has 4 aromatic rings. The highest BCUT2D eigenvalue weighted by atomic mass is 16.7. The zero-order valence-corrected chi connectivity index (χ0v) is 27.2. The van der Waals surface area contributed by atoms with Crippen molar-refractivity contribution in [3.05, 3.63) is 61.2 Å². The first-order valence-electron chi connectivity index (χ1n) is 15.0. The summed E-state index contributed by atoms with van der Waals surface area (Å²) in [4.78, 5) is 62.2. The van der Waals surface area contributed by atoms with Gasteiger partial charge in [0.1, 0.15) is 47.3 Å². The third-order valence-corrected chi connectivity index (χ3v) is 6.83. The maximum Gasteiger partial charge on any atom is 0.412 e. The number of nitrogens with one attached hydrogen (secondary N) is 1. The second-order valence-corrected chi connectivity index (χ2v) is 11.8. The number of benzene rings is 2. The molecular formula is C33H35N5O10. The molecule has 1 aliphatic rings. The topological polar surface area (TPSA) is 179 Å². The first-order chi connectivity index (χ1) is 22.8. The summed E-state index contributed by atoms with van der Waals surface area (Å²) in [5, 5.41) is 2.79. The Labute approximate surface area is 275 Å². The van der Waals surface area contributed by atoms with Crippen molar-refractivity contribution in [2.24, 2.45) is 0 Å². The summed E-state index contributed by atoms with van der Waals surface area (Å²) in [5.74, 6) is -0.859. The summed E-state index contributed by atoms with van der Waals surface area (Å²) in [6.45, 7) is 8.61. The fraction of sp³-hybridized carbons (Fsp3) is 0.364. The molecule has 48 heavy (non-hydrogen) atoms. The number of imidazole rings is 1. The summed E-state index contributed by atoms with van der Waals surface area (Å²) in [5.41, 5.74) is 0.933. The number of esters is 3. The number of anilines is 1. The molecule has 1 fully saturated rings. The number of amides is 1. The number of rotatable bonds is 9. The molecule has 4 atom stereocenters. The van der Waals surface area contributed by atoms with Crippen LogP contribution in [0.3, 0.4) is 0 Å². The monoisotopic (exact) mass is 661 g/mol. The predicted octanol–water partition coefficient (Wildman–Crippen LogP) is 4.96. The average molecular weight is 662 g/mol. The number of hydrogen-bond acceptors (Lipinski definition) is 13. The van der Waals surface area contributed by atoms with Gasteiger partial charge in [0, 0.05) is 32.4 Å². The molecule has 1 aliphatic heterocycles. The normalized spacial score (nSPS) is 19.0. The number of hydrogen-bond donors (Lipinski definition) is 1. The van der Waals surface area contributed by atoms with Crippen molar-refractivity contribution < 1.29 is 47.6 Å². The van der Waals surface area contributed by atoms with E-state index in [0.29, 0.717) is 34.0 Å². The van der Waals surface area contributed by atoms with E-state index in [4.69, 9.17) is 28.4 Å². The smallest absolute Gasteiger partial charge is 0.412 e. The van der Waals surface area contributed by atoms with Crippen molar-refractivity contribution in [3.8, 4) is 22.8 Å². The lowest BCUT2D eigenvalue weighted by molar-refractivity contribution is -0.166. The molecule has 0 aliphatic carbocycles. The Bertz CT molecular complexity index is 1820. The minimum absolute atomic E-state index is 0.268. The van der Waals surface area contributed by atoms with Gasteiger partial charge in [-0.15, -0.1) is 0 Å². The van der Waals surface area contributed by atoms with Gasteiger partial charge in [0.15, 0.2) is 24.1 Å². The lowest BCUT2D eigenvalue weighted by Gasteiger charge is -2.23. The van der Waals surface area contributed by atoms with Gasteiger partial charge < -0.3 is 28.4 Å². The molecule has 2 aromatic carbocycles. The third-order valence-electron chi connectivity index (χ3n) is 6.83. The molecule has 1 amide bonds. The highest BCUT2D eigenvalue weighted by Gasteiger charge is 2.51. The fourth-order valence-electron chi connectivity index (χ4n) is 5.09. The van der Waals surface area contributed by atoms with Crippen LogP contribution in [-0.4, -0.2) is 74.0 Å². The van der Waals surface area contributed by atoms with Crippen LogP contribution < -0.4 is 10.1 Å². The van der Waals surface area contributed by atoms with Crippen molar-refractivity contribution in [1.82, 2.24) is 19.5 Å². The summed E-state index contributed by atoms with van der Waals surface area (Å²) in [6.07, 6.45) is -2.32. The lowest BCUT2D eigenvalue weighted by atomic mass is 10.1. The molecule has 0 radical (unpaired) electrons. The molecule has 1 N–H and O–H groups in total. The van der Waals surface area contributed by atoms with E-state index in [1.165, 1.54) is 38.0 Å². The van der Waals surface area contributed by atoms with E-state index in [-0.39, 0.29) is 12.3 Å². The third kappa shape index (κ3) is 8.04. The maximum absolute atomic E-state index is 12.9. The Kier molecular flexibility index (Phi) is 9.89. The van der Waals surface area contributed by atoms with E-state index in [1.807, 2.05) is 18.2 Å². The Hall–Kier alpha value is -5.57. The van der Waals surface area contributed by atoms with Gasteiger partial charge >= 0.3 is 24.0 Å². The van der Waals surface area contributed by atoms with Crippen molar-refractivity contribution in [2.75, 3.05) is 11.9 Å². The molecule has 252 valence electrons. The quantitative estimate of drug-likeness (QED) is 0.188. The molecule has 0 saturated carbocycles. The maximum atomic E-state index is 12.9. The number of ether oxygens (including phenoxy) is 6. The summed E-state index contributed by atoms with van der Waals surface area (Å²) >= 11 is 0. The zero-order chi connectivity index (χ0) is 34.6. The molecule has 0 spiro atoms. The van der Waals surface area contributed by atoms with Gasteiger partial charge in [-0.2, -0.15) is 0 Å². The van der Waals surface area contributed by atoms with E-state index >= 15 is 0 Å². The van der Waals surface area contributed by atoms with Crippen LogP contribution in [0.5, 0.6) is 11.5 Å². The van der Waals surface area contributed by atoms with Crippen LogP contribution in [0.2, 0.25) is 0 Å². The second kappa shape index (κ2) is 14.0. The standard InChI is InChI=1S/C33H35N5O10/c1-18(39)43-15-25-28(44-19(2)40)29(45-20(3)41)31(47-25)38-17-36-27-26(34-16-35-30(27)38)23-13-12-22(46-21-10-8-7-9-11-21)14-24(23)37-32(42)48-33(4,5)6/h7-14,16-17,25,28-29,31H,15H2,1-6H3,(H,37,42)/t25-,28+,29-,31?/m0/s1. The van der Waals surface area contributed by atoms with Gasteiger partial charge in [0.25, 0.3) is 0 Å².